The molecular weight excluding hydrogens is 273 g/mol. The topological polar surface area (TPSA) is 74.2 Å². The highest BCUT2D eigenvalue weighted by molar-refractivity contribution is 5.22. The van der Waals surface area contributed by atoms with Crippen molar-refractivity contribution in [2.75, 3.05) is 6.61 Å². The van der Waals surface area contributed by atoms with Gasteiger partial charge in [0.05, 0.1) is 18.6 Å². The van der Waals surface area contributed by atoms with Crippen LogP contribution in [0.2, 0.25) is 0 Å². The molecule has 0 spiro atoms. The Morgan fingerprint density at radius 2 is 1.95 bits per heavy atom. The van der Waals surface area contributed by atoms with Crippen molar-refractivity contribution in [3.8, 4) is 5.75 Å². The quantitative estimate of drug-likeness (QED) is 0.916. The SMILES string of the molecule is NC1(c2noc(CCOc3ccc(F)cc3)n2)CCCC1. The van der Waals surface area contributed by atoms with E-state index < -0.39 is 5.54 Å². The monoisotopic (exact) mass is 291 g/mol. The van der Waals surface area contributed by atoms with Crippen molar-refractivity contribution in [3.63, 3.8) is 0 Å². The maximum atomic E-state index is 12.8. The number of ether oxygens (including phenoxy) is 1. The van der Waals surface area contributed by atoms with Crippen molar-refractivity contribution in [1.82, 2.24) is 10.1 Å². The Balaban J connectivity index is 1.54. The van der Waals surface area contributed by atoms with Gasteiger partial charge in [-0.1, -0.05) is 18.0 Å². The third-order valence-electron chi connectivity index (χ3n) is 3.81. The second-order valence-electron chi connectivity index (χ2n) is 5.43. The Morgan fingerprint density at radius 3 is 2.67 bits per heavy atom. The first-order chi connectivity index (χ1) is 10.2. The fourth-order valence-electron chi connectivity index (χ4n) is 2.58. The highest BCUT2D eigenvalue weighted by Gasteiger charge is 2.35. The third kappa shape index (κ3) is 3.21. The number of rotatable bonds is 5. The predicted molar refractivity (Wildman–Crippen MR) is 74.2 cm³/mol. The summed E-state index contributed by atoms with van der Waals surface area (Å²) < 4.78 is 23.5. The average molecular weight is 291 g/mol. The molecule has 0 bridgehead atoms. The maximum Gasteiger partial charge on any atom is 0.230 e. The second-order valence-corrected chi connectivity index (χ2v) is 5.43. The molecule has 0 unspecified atom stereocenters. The van der Waals surface area contributed by atoms with Gasteiger partial charge in [0.1, 0.15) is 11.6 Å². The molecule has 0 radical (unpaired) electrons. The molecule has 0 aliphatic heterocycles. The van der Waals surface area contributed by atoms with Crippen molar-refractivity contribution >= 4 is 0 Å². The second kappa shape index (κ2) is 5.81. The van der Waals surface area contributed by atoms with Crippen LogP contribution in [0.15, 0.2) is 28.8 Å². The molecule has 1 saturated carbocycles. The predicted octanol–water partition coefficient (Wildman–Crippen LogP) is 2.56. The molecular formula is C15H18FN3O2. The highest BCUT2D eigenvalue weighted by Crippen LogP contribution is 2.34. The Morgan fingerprint density at radius 1 is 1.24 bits per heavy atom. The molecule has 1 aromatic heterocycles. The van der Waals surface area contributed by atoms with Gasteiger partial charge in [0, 0.05) is 0 Å². The van der Waals surface area contributed by atoms with Gasteiger partial charge >= 0.3 is 0 Å². The minimum atomic E-state index is -0.431. The number of nitrogens with two attached hydrogens (primary N) is 1. The first-order valence-electron chi connectivity index (χ1n) is 7.16. The molecule has 6 heteroatoms. The molecule has 0 atom stereocenters. The Bertz CT molecular complexity index is 591. The number of hydrogen-bond acceptors (Lipinski definition) is 5. The summed E-state index contributed by atoms with van der Waals surface area (Å²) in [6.45, 7) is 0.394. The van der Waals surface area contributed by atoms with Crippen molar-refractivity contribution in [3.05, 3.63) is 41.8 Å². The van der Waals surface area contributed by atoms with Gasteiger partial charge in [-0.2, -0.15) is 4.98 Å². The summed E-state index contributed by atoms with van der Waals surface area (Å²) in [5.74, 6) is 1.44. The molecule has 1 aliphatic rings. The summed E-state index contributed by atoms with van der Waals surface area (Å²) in [6.07, 6.45) is 4.51. The Labute approximate surface area is 122 Å². The number of hydrogen-bond donors (Lipinski definition) is 1. The van der Waals surface area contributed by atoms with Crippen LogP contribution in [-0.2, 0) is 12.0 Å². The molecule has 21 heavy (non-hydrogen) atoms. The number of halogens is 1. The number of nitrogens with zero attached hydrogens (tertiary/aromatic N) is 2. The first kappa shape index (κ1) is 14.0. The van der Waals surface area contributed by atoms with E-state index in [9.17, 15) is 4.39 Å². The lowest BCUT2D eigenvalue weighted by Gasteiger charge is -2.17. The van der Waals surface area contributed by atoms with Crippen molar-refractivity contribution < 1.29 is 13.7 Å². The summed E-state index contributed by atoms with van der Waals surface area (Å²) in [5.41, 5.74) is 5.84. The number of aromatic nitrogens is 2. The minimum absolute atomic E-state index is 0.284. The normalized spacial score (nSPS) is 17.0. The van der Waals surface area contributed by atoms with Gasteiger partial charge in [0.2, 0.25) is 5.89 Å². The van der Waals surface area contributed by atoms with Crippen LogP contribution in [0.25, 0.3) is 0 Å². The van der Waals surface area contributed by atoms with E-state index in [1.165, 1.54) is 12.1 Å². The van der Waals surface area contributed by atoms with Gasteiger partial charge in [0.15, 0.2) is 5.82 Å². The van der Waals surface area contributed by atoms with E-state index in [0.29, 0.717) is 30.5 Å². The zero-order valence-corrected chi connectivity index (χ0v) is 11.7. The third-order valence-corrected chi connectivity index (χ3v) is 3.81. The van der Waals surface area contributed by atoms with E-state index in [-0.39, 0.29) is 5.82 Å². The average Bonchev–Trinajstić information content (AvgIpc) is 3.11. The Kier molecular flexibility index (Phi) is 3.88. The van der Waals surface area contributed by atoms with Crippen LogP contribution in [0, 0.1) is 5.82 Å². The molecule has 1 aliphatic carbocycles. The van der Waals surface area contributed by atoms with Crippen LogP contribution in [0.1, 0.15) is 37.4 Å². The van der Waals surface area contributed by atoms with Gasteiger partial charge in [-0.15, -0.1) is 0 Å². The largest absolute Gasteiger partial charge is 0.493 e. The van der Waals surface area contributed by atoms with E-state index in [0.717, 1.165) is 25.7 Å². The van der Waals surface area contributed by atoms with Gasteiger partial charge in [0.25, 0.3) is 0 Å². The zero-order valence-electron chi connectivity index (χ0n) is 11.7. The maximum absolute atomic E-state index is 12.8. The molecule has 1 heterocycles. The van der Waals surface area contributed by atoms with E-state index in [2.05, 4.69) is 10.1 Å². The molecule has 0 saturated heterocycles. The first-order valence-corrected chi connectivity index (χ1v) is 7.16. The molecule has 3 rings (SSSR count). The standard InChI is InChI=1S/C15H18FN3O2/c16-11-3-5-12(6-4-11)20-10-7-13-18-14(19-21-13)15(17)8-1-2-9-15/h3-6H,1-2,7-10,17H2. The molecule has 5 nitrogen and oxygen atoms in total. The summed E-state index contributed by atoms with van der Waals surface area (Å²) in [6, 6.07) is 5.89. The van der Waals surface area contributed by atoms with Crippen molar-refractivity contribution in [1.29, 1.82) is 0 Å². The van der Waals surface area contributed by atoms with E-state index in [4.69, 9.17) is 15.0 Å². The Hall–Kier alpha value is -1.95. The molecule has 2 N–H and O–H groups in total. The summed E-state index contributed by atoms with van der Waals surface area (Å²) >= 11 is 0. The van der Waals surface area contributed by atoms with Gasteiger partial charge in [-0.05, 0) is 37.1 Å². The lowest BCUT2D eigenvalue weighted by molar-refractivity contribution is 0.289. The fraction of sp³-hybridized carbons (Fsp3) is 0.467. The van der Waals surface area contributed by atoms with Crippen molar-refractivity contribution in [2.45, 2.75) is 37.6 Å². The van der Waals surface area contributed by atoms with Crippen molar-refractivity contribution in [2.24, 2.45) is 5.73 Å². The van der Waals surface area contributed by atoms with Crippen LogP contribution < -0.4 is 10.5 Å². The molecule has 0 amide bonds. The smallest absolute Gasteiger partial charge is 0.230 e. The minimum Gasteiger partial charge on any atom is -0.493 e. The van der Waals surface area contributed by atoms with E-state index >= 15 is 0 Å². The lowest BCUT2D eigenvalue weighted by Crippen LogP contribution is -2.34. The highest BCUT2D eigenvalue weighted by atomic mass is 19.1. The summed E-state index contributed by atoms with van der Waals surface area (Å²) in [5, 5.41) is 3.99. The summed E-state index contributed by atoms with van der Waals surface area (Å²) in [7, 11) is 0. The van der Waals surface area contributed by atoms with E-state index in [1.807, 2.05) is 0 Å². The molecule has 1 fully saturated rings. The van der Waals surface area contributed by atoms with Gasteiger partial charge in [-0.25, -0.2) is 4.39 Å². The van der Waals surface area contributed by atoms with E-state index in [1.54, 1.807) is 12.1 Å². The van der Waals surface area contributed by atoms with Crippen LogP contribution in [0.4, 0.5) is 4.39 Å². The van der Waals surface area contributed by atoms with Crippen LogP contribution >= 0.6 is 0 Å². The molecule has 2 aromatic rings. The lowest BCUT2D eigenvalue weighted by atomic mass is 9.99. The fourth-order valence-corrected chi connectivity index (χ4v) is 2.58. The van der Waals surface area contributed by atoms with Crippen LogP contribution in [-0.4, -0.2) is 16.7 Å². The molecule has 1 aromatic carbocycles. The zero-order chi connectivity index (χ0) is 14.7. The molecule has 112 valence electrons. The van der Waals surface area contributed by atoms with Crippen LogP contribution in [0.5, 0.6) is 5.75 Å². The summed E-state index contributed by atoms with van der Waals surface area (Å²) in [4.78, 5) is 4.37. The number of benzene rings is 1. The van der Waals surface area contributed by atoms with Gasteiger partial charge < -0.3 is 15.0 Å². The van der Waals surface area contributed by atoms with Crippen LogP contribution in [0.3, 0.4) is 0 Å². The van der Waals surface area contributed by atoms with Gasteiger partial charge in [-0.3, -0.25) is 0 Å².